The summed E-state index contributed by atoms with van der Waals surface area (Å²) in [5, 5.41) is 7.21. The minimum atomic E-state index is -0.130. The summed E-state index contributed by atoms with van der Waals surface area (Å²) < 4.78 is 22.1. The molecule has 3 aromatic rings. The average Bonchev–Trinajstić information content (AvgIpc) is 3.41. The van der Waals surface area contributed by atoms with Crippen LogP contribution in [-0.2, 0) is 11.2 Å². The van der Waals surface area contributed by atoms with Crippen LogP contribution in [-0.4, -0.2) is 56.0 Å². The molecule has 4 rings (SSSR count). The molecule has 192 valence electrons. The highest BCUT2D eigenvalue weighted by Crippen LogP contribution is 2.29. The molecule has 0 bridgehead atoms. The predicted molar refractivity (Wildman–Crippen MR) is 137 cm³/mol. The molecular formula is C27H34N4O5. The first-order valence-electron chi connectivity index (χ1n) is 12.5. The molecule has 0 unspecified atom stereocenters. The van der Waals surface area contributed by atoms with Crippen LogP contribution < -0.4 is 24.4 Å². The van der Waals surface area contributed by atoms with Crippen LogP contribution in [0.1, 0.15) is 32.3 Å². The zero-order chi connectivity index (χ0) is 25.3. The highest BCUT2D eigenvalue weighted by Gasteiger charge is 2.28. The number of hydrogen-bond donors (Lipinski definition) is 1. The molecule has 1 saturated heterocycles. The Morgan fingerprint density at radius 2 is 1.89 bits per heavy atom. The summed E-state index contributed by atoms with van der Waals surface area (Å²) >= 11 is 0. The number of nitrogens with one attached hydrogen (secondary N) is 1. The van der Waals surface area contributed by atoms with Gasteiger partial charge in [-0.3, -0.25) is 4.79 Å². The minimum Gasteiger partial charge on any atom is -0.497 e. The number of rotatable bonds is 11. The molecule has 1 fully saturated rings. The van der Waals surface area contributed by atoms with E-state index in [1.807, 2.05) is 61.2 Å². The molecule has 9 nitrogen and oxygen atoms in total. The Bertz CT molecular complexity index is 1130. The molecule has 36 heavy (non-hydrogen) atoms. The van der Waals surface area contributed by atoms with Crippen LogP contribution in [0.15, 0.2) is 47.0 Å². The lowest BCUT2D eigenvalue weighted by Gasteiger charge is -2.30. The van der Waals surface area contributed by atoms with Crippen molar-refractivity contribution in [2.75, 3.05) is 44.9 Å². The lowest BCUT2D eigenvalue weighted by atomic mass is 9.97. The predicted octanol–water partition coefficient (Wildman–Crippen LogP) is 4.12. The van der Waals surface area contributed by atoms with Crippen LogP contribution in [0, 0.1) is 5.92 Å². The number of ether oxygens (including phenoxy) is 3. The van der Waals surface area contributed by atoms with E-state index < -0.39 is 0 Å². The lowest BCUT2D eigenvalue weighted by molar-refractivity contribution is -0.125. The number of hydrogen-bond acceptors (Lipinski definition) is 8. The van der Waals surface area contributed by atoms with Gasteiger partial charge < -0.3 is 29.0 Å². The number of carbonyl (C=O) groups is 1. The number of benzene rings is 2. The van der Waals surface area contributed by atoms with Gasteiger partial charge in [-0.05, 0) is 75.1 Å². The molecule has 1 aliphatic rings. The maximum Gasteiger partial charge on any atom is 0.324 e. The van der Waals surface area contributed by atoms with Crippen LogP contribution in [0.4, 0.5) is 6.01 Å². The van der Waals surface area contributed by atoms with Gasteiger partial charge in [0.05, 0.1) is 26.2 Å². The van der Waals surface area contributed by atoms with Gasteiger partial charge in [-0.2, -0.15) is 4.98 Å². The quantitative estimate of drug-likeness (QED) is 0.425. The van der Waals surface area contributed by atoms with Gasteiger partial charge in [-0.15, -0.1) is 0 Å². The number of methoxy groups -OCH3 is 1. The number of carbonyl (C=O) groups excluding carboxylic acids is 1. The summed E-state index contributed by atoms with van der Waals surface area (Å²) in [5.74, 6) is 2.68. The molecular weight excluding hydrogens is 460 g/mol. The maximum atomic E-state index is 12.9. The first-order chi connectivity index (χ1) is 17.6. The number of amides is 1. The molecule has 0 radical (unpaired) electrons. The summed E-state index contributed by atoms with van der Waals surface area (Å²) in [6.07, 6.45) is 2.43. The zero-order valence-electron chi connectivity index (χ0n) is 21.2. The van der Waals surface area contributed by atoms with E-state index in [1.165, 1.54) is 0 Å². The zero-order valence-corrected chi connectivity index (χ0v) is 21.2. The van der Waals surface area contributed by atoms with Crippen molar-refractivity contribution < 1.29 is 23.5 Å². The average molecular weight is 495 g/mol. The summed E-state index contributed by atoms with van der Waals surface area (Å²) in [6, 6.07) is 13.9. The summed E-state index contributed by atoms with van der Waals surface area (Å²) in [5.41, 5.74) is 1.93. The van der Waals surface area contributed by atoms with E-state index in [0.717, 1.165) is 47.8 Å². The Morgan fingerprint density at radius 1 is 1.11 bits per heavy atom. The van der Waals surface area contributed by atoms with E-state index >= 15 is 0 Å². The Kier molecular flexibility index (Phi) is 8.65. The molecule has 0 saturated carbocycles. The highest BCUT2D eigenvalue weighted by molar-refractivity contribution is 5.79. The second kappa shape index (κ2) is 12.3. The van der Waals surface area contributed by atoms with Crippen LogP contribution in [0.3, 0.4) is 0 Å². The van der Waals surface area contributed by atoms with Crippen molar-refractivity contribution in [3.05, 3.63) is 48.0 Å². The van der Waals surface area contributed by atoms with Gasteiger partial charge in [-0.25, -0.2) is 0 Å². The van der Waals surface area contributed by atoms with E-state index in [-0.39, 0.29) is 11.8 Å². The fraction of sp³-hybridized carbons (Fsp3) is 0.444. The number of aromatic nitrogens is 2. The Morgan fingerprint density at radius 3 is 2.64 bits per heavy atom. The highest BCUT2D eigenvalue weighted by atomic mass is 16.5. The van der Waals surface area contributed by atoms with Gasteiger partial charge >= 0.3 is 6.01 Å². The largest absolute Gasteiger partial charge is 0.497 e. The van der Waals surface area contributed by atoms with Gasteiger partial charge in [0.2, 0.25) is 11.7 Å². The molecule has 0 aliphatic carbocycles. The standard InChI is InChI=1S/C27H34N4O5/c1-4-34-23-13-8-19(17-24(23)35-5-2)14-15-28-26(32)21-7-6-16-31(18-21)27-29-25(30-36-27)20-9-11-22(33-3)12-10-20/h8-13,17,21H,4-7,14-16,18H2,1-3H3,(H,28,32)/t21-/m0/s1. The van der Waals surface area contributed by atoms with E-state index in [2.05, 4.69) is 15.5 Å². The van der Waals surface area contributed by atoms with Crippen molar-refractivity contribution >= 4 is 11.9 Å². The molecule has 9 heteroatoms. The maximum absolute atomic E-state index is 12.9. The van der Waals surface area contributed by atoms with Gasteiger partial charge in [0.15, 0.2) is 11.5 Å². The van der Waals surface area contributed by atoms with Crippen LogP contribution in [0.2, 0.25) is 0 Å². The van der Waals surface area contributed by atoms with Crippen molar-refractivity contribution in [3.63, 3.8) is 0 Å². The van der Waals surface area contributed by atoms with Crippen molar-refractivity contribution in [1.82, 2.24) is 15.5 Å². The van der Waals surface area contributed by atoms with Crippen molar-refractivity contribution in [2.45, 2.75) is 33.1 Å². The molecule has 0 spiro atoms. The SMILES string of the molecule is CCOc1ccc(CCNC(=O)[C@H]2CCCN(c3nc(-c4ccc(OC)cc4)no3)C2)cc1OCC. The van der Waals surface area contributed by atoms with E-state index in [9.17, 15) is 4.79 Å². The van der Waals surface area contributed by atoms with Crippen LogP contribution >= 0.6 is 0 Å². The lowest BCUT2D eigenvalue weighted by Crippen LogP contribution is -2.43. The third kappa shape index (κ3) is 6.27. The first-order valence-corrected chi connectivity index (χ1v) is 12.5. The van der Waals surface area contributed by atoms with Crippen molar-refractivity contribution in [1.29, 1.82) is 0 Å². The third-order valence-corrected chi connectivity index (χ3v) is 6.15. The molecule has 1 atom stereocenters. The molecule has 1 N–H and O–H groups in total. The Labute approximate surface area is 211 Å². The van der Waals surface area contributed by atoms with Gasteiger partial charge in [0.25, 0.3) is 0 Å². The van der Waals surface area contributed by atoms with E-state index in [1.54, 1.807) is 7.11 Å². The number of anilines is 1. The normalized spacial score (nSPS) is 15.4. The van der Waals surface area contributed by atoms with Gasteiger partial charge in [-0.1, -0.05) is 11.2 Å². The van der Waals surface area contributed by atoms with Crippen LogP contribution in [0.25, 0.3) is 11.4 Å². The molecule has 1 aliphatic heterocycles. The topological polar surface area (TPSA) is 99.0 Å². The number of nitrogens with zero attached hydrogens (tertiary/aromatic N) is 3. The van der Waals surface area contributed by atoms with Crippen molar-refractivity contribution in [2.24, 2.45) is 5.92 Å². The summed E-state index contributed by atoms with van der Waals surface area (Å²) in [4.78, 5) is 19.4. The minimum absolute atomic E-state index is 0.0468. The summed E-state index contributed by atoms with van der Waals surface area (Å²) in [6.45, 7) is 6.93. The molecule has 1 amide bonds. The third-order valence-electron chi connectivity index (χ3n) is 6.15. The van der Waals surface area contributed by atoms with Crippen molar-refractivity contribution in [3.8, 4) is 28.6 Å². The molecule has 2 heterocycles. The Balaban J connectivity index is 1.30. The Hall–Kier alpha value is -3.75. The van der Waals surface area contributed by atoms with E-state index in [4.69, 9.17) is 18.7 Å². The van der Waals surface area contributed by atoms with E-state index in [0.29, 0.717) is 44.6 Å². The fourth-order valence-corrected chi connectivity index (χ4v) is 4.29. The second-order valence-electron chi connectivity index (χ2n) is 8.60. The number of piperidine rings is 1. The summed E-state index contributed by atoms with van der Waals surface area (Å²) in [7, 11) is 1.63. The van der Waals surface area contributed by atoms with Gasteiger partial charge in [0.1, 0.15) is 5.75 Å². The molecule has 1 aromatic heterocycles. The fourth-order valence-electron chi connectivity index (χ4n) is 4.29. The second-order valence-corrected chi connectivity index (χ2v) is 8.60. The smallest absolute Gasteiger partial charge is 0.324 e. The van der Waals surface area contributed by atoms with Crippen LogP contribution in [0.5, 0.6) is 17.2 Å². The first kappa shape index (κ1) is 25.3. The molecule has 2 aromatic carbocycles. The monoisotopic (exact) mass is 494 g/mol. The van der Waals surface area contributed by atoms with Gasteiger partial charge in [0, 0.05) is 25.2 Å².